The van der Waals surface area contributed by atoms with Crippen molar-refractivity contribution in [2.24, 2.45) is 5.92 Å². The van der Waals surface area contributed by atoms with Crippen molar-refractivity contribution < 1.29 is 14.7 Å². The average Bonchev–Trinajstić information content (AvgIpc) is 3.21. The number of Topliss-reactive ketones (excluding diaryl/α,β-unsaturated/α-hetero) is 1. The second-order valence-electron chi connectivity index (χ2n) is 7.79. The number of pyridine rings is 2. The zero-order chi connectivity index (χ0) is 22.1. The first-order chi connectivity index (χ1) is 14.9. The molecule has 0 atom stereocenters. The van der Waals surface area contributed by atoms with E-state index in [1.807, 2.05) is 4.90 Å². The fourth-order valence-corrected chi connectivity index (χ4v) is 4.34. The summed E-state index contributed by atoms with van der Waals surface area (Å²) in [5, 5.41) is 10.1. The minimum Gasteiger partial charge on any atom is -0.477 e. The molecule has 0 spiro atoms. The number of aryl methyl sites for hydroxylation is 1. The molecular formula is C21H23N5O4S. The van der Waals surface area contributed by atoms with E-state index in [2.05, 4.69) is 21.3 Å². The van der Waals surface area contributed by atoms with Crippen molar-refractivity contribution in [2.75, 3.05) is 18.0 Å². The van der Waals surface area contributed by atoms with Crippen LogP contribution in [0.15, 0.2) is 23.4 Å². The van der Waals surface area contributed by atoms with E-state index in [-0.39, 0.29) is 16.9 Å². The number of carbonyl (C=O) groups is 2. The van der Waals surface area contributed by atoms with E-state index >= 15 is 0 Å². The Morgan fingerprint density at radius 1 is 1.29 bits per heavy atom. The third kappa shape index (κ3) is 3.95. The van der Waals surface area contributed by atoms with Gasteiger partial charge in [-0.15, -0.1) is 0 Å². The Hall–Kier alpha value is -3.14. The van der Waals surface area contributed by atoms with Gasteiger partial charge in [-0.3, -0.25) is 14.2 Å². The maximum absolute atomic E-state index is 12.8. The normalized spacial score (nSPS) is 14.1. The molecule has 0 saturated carbocycles. The number of rotatable bonds is 8. The molecule has 4 rings (SSSR count). The number of carbonyl (C=O) groups excluding carboxylic acids is 1. The Bertz CT molecular complexity index is 1200. The highest BCUT2D eigenvalue weighted by Gasteiger charge is 2.33. The lowest BCUT2D eigenvalue weighted by atomic mass is 9.91. The molecule has 0 bridgehead atoms. The monoisotopic (exact) mass is 441 g/mol. The molecule has 1 saturated heterocycles. The van der Waals surface area contributed by atoms with Gasteiger partial charge in [0.2, 0.25) is 10.6 Å². The minimum atomic E-state index is -1.30. The van der Waals surface area contributed by atoms with Crippen LogP contribution in [0.1, 0.15) is 48.5 Å². The van der Waals surface area contributed by atoms with E-state index in [1.54, 1.807) is 13.0 Å². The van der Waals surface area contributed by atoms with Crippen molar-refractivity contribution in [2.45, 2.75) is 39.5 Å². The number of nitrogens with zero attached hydrogens (tertiary/aromatic N) is 5. The Morgan fingerprint density at radius 3 is 2.71 bits per heavy atom. The molecule has 4 heterocycles. The smallest absolute Gasteiger partial charge is 0.341 e. The summed E-state index contributed by atoms with van der Waals surface area (Å²) >= 11 is 1.08. The first-order valence-corrected chi connectivity index (χ1v) is 11.0. The van der Waals surface area contributed by atoms with Crippen molar-refractivity contribution in [3.8, 4) is 5.13 Å². The van der Waals surface area contributed by atoms with Crippen molar-refractivity contribution in [1.29, 1.82) is 0 Å². The summed E-state index contributed by atoms with van der Waals surface area (Å²) in [6.45, 7) is 5.07. The van der Waals surface area contributed by atoms with Crippen LogP contribution in [-0.2, 0) is 4.79 Å². The van der Waals surface area contributed by atoms with Gasteiger partial charge in [-0.1, -0.05) is 19.8 Å². The van der Waals surface area contributed by atoms with Crippen LogP contribution in [0.25, 0.3) is 16.2 Å². The summed E-state index contributed by atoms with van der Waals surface area (Å²) in [6.07, 6.45) is 6.31. The van der Waals surface area contributed by atoms with Crippen LogP contribution in [0.5, 0.6) is 0 Å². The number of aromatic nitrogens is 4. The number of fused-ring (bicyclic) bond motifs is 1. The van der Waals surface area contributed by atoms with E-state index < -0.39 is 11.4 Å². The fourth-order valence-electron chi connectivity index (χ4n) is 3.83. The number of ketones is 1. The molecule has 3 aromatic rings. The van der Waals surface area contributed by atoms with Crippen LogP contribution in [0, 0.1) is 12.8 Å². The summed E-state index contributed by atoms with van der Waals surface area (Å²) in [5.74, 6) is -0.349. The van der Waals surface area contributed by atoms with Gasteiger partial charge in [-0.2, -0.15) is 4.37 Å². The zero-order valence-electron chi connectivity index (χ0n) is 17.4. The molecule has 1 fully saturated rings. The molecule has 1 aliphatic rings. The lowest BCUT2D eigenvalue weighted by Crippen LogP contribution is -2.50. The first kappa shape index (κ1) is 21.1. The molecule has 0 radical (unpaired) electrons. The lowest BCUT2D eigenvalue weighted by Gasteiger charge is -2.39. The van der Waals surface area contributed by atoms with E-state index in [4.69, 9.17) is 0 Å². The Morgan fingerprint density at radius 2 is 2.06 bits per heavy atom. The summed E-state index contributed by atoms with van der Waals surface area (Å²) in [5.41, 5.74) is 0.0398. The molecule has 0 aromatic carbocycles. The summed E-state index contributed by atoms with van der Waals surface area (Å²) in [6, 6.07) is 1.78. The molecule has 0 unspecified atom stereocenters. The van der Waals surface area contributed by atoms with Gasteiger partial charge in [-0.25, -0.2) is 14.8 Å². The summed E-state index contributed by atoms with van der Waals surface area (Å²) in [4.78, 5) is 47.6. The van der Waals surface area contributed by atoms with Crippen molar-refractivity contribution in [3.63, 3.8) is 0 Å². The lowest BCUT2D eigenvalue weighted by molar-refractivity contribution is -0.123. The minimum absolute atomic E-state index is 0.00870. The number of aromatic carboxylic acids is 1. The van der Waals surface area contributed by atoms with Crippen LogP contribution < -0.4 is 10.3 Å². The van der Waals surface area contributed by atoms with E-state index in [0.717, 1.165) is 30.8 Å². The first-order valence-electron chi connectivity index (χ1n) is 10.3. The van der Waals surface area contributed by atoms with Gasteiger partial charge in [0.25, 0.3) is 0 Å². The molecule has 10 heteroatoms. The standard InChI is InChI=1S/C21H23N5O4S/c1-3-4-5-6-15(27)13-8-25(9-13)16-7-12(2)17-18(28)14(20(29)30)10-26(19(17)24-16)21-22-11-23-31-21/h7,10-11,13H,3-6,8-9H2,1-2H3,(H,29,30). The predicted molar refractivity (Wildman–Crippen MR) is 117 cm³/mol. The Kier molecular flexibility index (Phi) is 5.81. The van der Waals surface area contributed by atoms with Gasteiger partial charge < -0.3 is 10.0 Å². The second-order valence-corrected chi connectivity index (χ2v) is 8.55. The zero-order valence-corrected chi connectivity index (χ0v) is 18.2. The third-order valence-electron chi connectivity index (χ3n) is 5.62. The van der Waals surface area contributed by atoms with Crippen molar-refractivity contribution in [1.82, 2.24) is 18.9 Å². The van der Waals surface area contributed by atoms with Gasteiger partial charge in [0.15, 0.2) is 5.65 Å². The molecular weight excluding hydrogens is 418 g/mol. The van der Waals surface area contributed by atoms with Gasteiger partial charge in [0, 0.05) is 37.2 Å². The van der Waals surface area contributed by atoms with Crippen LogP contribution in [0.3, 0.4) is 0 Å². The third-order valence-corrected chi connectivity index (χ3v) is 6.28. The Balaban J connectivity index is 1.70. The number of unbranched alkanes of at least 4 members (excludes halogenated alkanes) is 2. The fraction of sp³-hybridized carbons (Fsp3) is 0.429. The van der Waals surface area contributed by atoms with Crippen LogP contribution in [-0.4, -0.2) is 48.9 Å². The van der Waals surface area contributed by atoms with E-state index in [9.17, 15) is 19.5 Å². The average molecular weight is 442 g/mol. The molecule has 9 nitrogen and oxygen atoms in total. The maximum Gasteiger partial charge on any atom is 0.341 e. The highest BCUT2D eigenvalue weighted by Crippen LogP contribution is 2.29. The highest BCUT2D eigenvalue weighted by atomic mass is 32.1. The Labute approximate surface area is 182 Å². The molecule has 162 valence electrons. The topological polar surface area (TPSA) is 118 Å². The number of anilines is 1. The van der Waals surface area contributed by atoms with Crippen molar-refractivity contribution >= 4 is 40.1 Å². The molecule has 1 N–H and O–H groups in total. The predicted octanol–water partition coefficient (Wildman–Crippen LogP) is 2.83. The van der Waals surface area contributed by atoms with Crippen molar-refractivity contribution in [3.05, 3.63) is 39.9 Å². The maximum atomic E-state index is 12.8. The molecule has 0 aliphatic carbocycles. The number of hydrogen-bond acceptors (Lipinski definition) is 8. The molecule has 1 aliphatic heterocycles. The number of carboxylic acids is 1. The van der Waals surface area contributed by atoms with E-state index in [0.29, 0.717) is 47.5 Å². The largest absolute Gasteiger partial charge is 0.477 e. The summed E-state index contributed by atoms with van der Waals surface area (Å²) < 4.78 is 5.48. The molecule has 31 heavy (non-hydrogen) atoms. The molecule has 3 aromatic heterocycles. The number of hydrogen-bond donors (Lipinski definition) is 1. The van der Waals surface area contributed by atoms with Gasteiger partial charge in [-0.05, 0) is 25.0 Å². The highest BCUT2D eigenvalue weighted by molar-refractivity contribution is 7.08. The number of carboxylic acid groups (broad SMARTS) is 1. The van der Waals surface area contributed by atoms with Gasteiger partial charge in [0.1, 0.15) is 23.5 Å². The van der Waals surface area contributed by atoms with Gasteiger partial charge >= 0.3 is 5.97 Å². The van der Waals surface area contributed by atoms with E-state index in [1.165, 1.54) is 17.1 Å². The van der Waals surface area contributed by atoms with Crippen LogP contribution >= 0.6 is 11.5 Å². The van der Waals surface area contributed by atoms with Crippen LogP contribution in [0.4, 0.5) is 5.82 Å². The van der Waals surface area contributed by atoms with Crippen LogP contribution in [0.2, 0.25) is 0 Å². The quantitative estimate of drug-likeness (QED) is 0.530. The molecule has 0 amide bonds. The second kappa shape index (κ2) is 8.54. The van der Waals surface area contributed by atoms with Gasteiger partial charge in [0.05, 0.1) is 11.3 Å². The SMILES string of the molecule is CCCCCC(=O)C1CN(c2cc(C)c3c(=O)c(C(=O)O)cn(-c4ncns4)c3n2)C1. The summed E-state index contributed by atoms with van der Waals surface area (Å²) in [7, 11) is 0.